The Morgan fingerprint density at radius 2 is 1.70 bits per heavy atom. The van der Waals surface area contributed by atoms with Gasteiger partial charge in [0, 0.05) is 11.6 Å². The number of carbonyl (C=O) groups is 3. The van der Waals surface area contributed by atoms with Crippen molar-refractivity contribution in [1.29, 1.82) is 0 Å². The zero-order valence-corrected chi connectivity index (χ0v) is 25.7. The van der Waals surface area contributed by atoms with Crippen LogP contribution < -0.4 is 15.0 Å². The Morgan fingerprint density at radius 1 is 1.07 bits per heavy atom. The van der Waals surface area contributed by atoms with E-state index in [1.807, 2.05) is 38.1 Å². The van der Waals surface area contributed by atoms with Crippen LogP contribution in [0.2, 0.25) is 18.6 Å². The van der Waals surface area contributed by atoms with Crippen molar-refractivity contribution in [1.82, 2.24) is 4.90 Å². The average molecular weight is 571 g/mol. The topological polar surface area (TPSA) is 85.4 Å². The normalized spacial score (nSPS) is 24.4. The fourth-order valence-corrected chi connectivity index (χ4v) is 10.9. The van der Waals surface area contributed by atoms with Crippen molar-refractivity contribution in [2.45, 2.75) is 76.9 Å². The van der Waals surface area contributed by atoms with E-state index < -0.39 is 49.1 Å². The van der Waals surface area contributed by atoms with Crippen LogP contribution in [0.4, 0.5) is 15.0 Å². The number of anilines is 1. The third-order valence-corrected chi connectivity index (χ3v) is 12.8. The number of methoxy groups -OCH3 is 2. The van der Waals surface area contributed by atoms with Gasteiger partial charge in [0.15, 0.2) is 5.54 Å². The molecule has 0 bridgehead atoms. The number of likely N-dealkylation sites (tertiary alicyclic amines) is 1. The number of nitrogens with zero attached hydrogens (tertiary/aromatic N) is 2. The molecule has 0 saturated carbocycles. The predicted octanol–water partition coefficient (Wildman–Crippen LogP) is 5.23. The maximum absolute atomic E-state index is 15.8. The van der Waals surface area contributed by atoms with Crippen molar-refractivity contribution >= 4 is 36.9 Å². The second kappa shape index (κ2) is 10.2. The minimum Gasteiger partial charge on any atom is -0.497 e. The molecule has 0 aliphatic carbocycles. The van der Waals surface area contributed by atoms with Crippen LogP contribution >= 0.6 is 0 Å². The molecular weight excluding hydrogens is 531 g/mol. The molecule has 0 N–H and O–H groups in total. The Morgan fingerprint density at radius 3 is 2.25 bits per heavy atom. The molecule has 4 atom stereocenters. The maximum Gasteiger partial charge on any atom is 0.411 e. The summed E-state index contributed by atoms with van der Waals surface area (Å²) in [5, 5.41) is 1.19. The summed E-state index contributed by atoms with van der Waals surface area (Å²) < 4.78 is 32.1. The van der Waals surface area contributed by atoms with Gasteiger partial charge in [0.2, 0.25) is 0 Å². The van der Waals surface area contributed by atoms with Gasteiger partial charge in [-0.3, -0.25) is 14.5 Å². The first-order chi connectivity index (χ1) is 18.6. The van der Waals surface area contributed by atoms with Gasteiger partial charge in [-0.15, -0.1) is 5.12 Å². The standard InChI is InChI=1S/C30H39FN2O6Si/c1-18-10-15-23-22(16-18)30(27(35)33(23)31)19(2)26(40(8,9)21-13-11-20(37-6)12-14-21)24(17-25(34)38-7)32(30)28(36)39-29(3,4)5/h10-16,19,24,26H,17H2,1-9H3/t19-,24+,26-,30+/m1/s1. The van der Waals surface area contributed by atoms with Crippen LogP contribution in [0.25, 0.3) is 0 Å². The van der Waals surface area contributed by atoms with Gasteiger partial charge in [0.1, 0.15) is 11.4 Å². The summed E-state index contributed by atoms with van der Waals surface area (Å²) in [5.74, 6) is -1.25. The van der Waals surface area contributed by atoms with Crippen molar-refractivity contribution in [3.63, 3.8) is 0 Å². The molecule has 2 aromatic carbocycles. The van der Waals surface area contributed by atoms with Crippen molar-refractivity contribution in [3.8, 4) is 5.75 Å². The van der Waals surface area contributed by atoms with Crippen molar-refractivity contribution in [3.05, 3.63) is 53.6 Å². The number of hydrogen-bond acceptors (Lipinski definition) is 6. The summed E-state index contributed by atoms with van der Waals surface area (Å²) in [6.45, 7) is 13.2. The number of fused-ring (bicyclic) bond motifs is 2. The minimum atomic E-state index is -2.62. The van der Waals surface area contributed by atoms with Crippen LogP contribution in [-0.4, -0.2) is 56.8 Å². The van der Waals surface area contributed by atoms with E-state index in [1.54, 1.807) is 46.1 Å². The molecule has 1 saturated heterocycles. The molecular formula is C30H39FN2O6Si. The summed E-state index contributed by atoms with van der Waals surface area (Å²) in [5.41, 5.74) is -1.65. The summed E-state index contributed by atoms with van der Waals surface area (Å²) >= 11 is 0. The van der Waals surface area contributed by atoms with Gasteiger partial charge >= 0.3 is 12.1 Å². The number of esters is 1. The highest BCUT2D eigenvalue weighted by Crippen LogP contribution is 2.62. The number of carbonyl (C=O) groups excluding carboxylic acids is 3. The molecule has 8 nitrogen and oxygen atoms in total. The Labute approximate surface area is 236 Å². The van der Waals surface area contributed by atoms with Crippen LogP contribution in [0, 0.1) is 12.8 Å². The number of aryl methyl sites for hydroxylation is 1. The van der Waals surface area contributed by atoms with Gasteiger partial charge in [-0.1, -0.05) is 59.5 Å². The second-order valence-corrected chi connectivity index (χ2v) is 17.0. The van der Waals surface area contributed by atoms with Gasteiger partial charge in [0.25, 0.3) is 5.91 Å². The van der Waals surface area contributed by atoms with E-state index in [2.05, 4.69) is 13.1 Å². The van der Waals surface area contributed by atoms with Crippen LogP contribution in [0.3, 0.4) is 0 Å². The minimum absolute atomic E-state index is 0.0948. The fraction of sp³-hybridized carbons (Fsp3) is 0.500. The molecule has 4 rings (SSSR count). The van der Waals surface area contributed by atoms with Crippen LogP contribution in [-0.2, 0) is 24.6 Å². The lowest BCUT2D eigenvalue weighted by molar-refractivity contribution is -0.143. The first-order valence-electron chi connectivity index (χ1n) is 13.5. The Balaban J connectivity index is 2.02. The third kappa shape index (κ3) is 4.55. The van der Waals surface area contributed by atoms with Crippen LogP contribution in [0.1, 0.15) is 45.2 Å². The zero-order chi connectivity index (χ0) is 29.8. The zero-order valence-electron chi connectivity index (χ0n) is 24.7. The summed E-state index contributed by atoms with van der Waals surface area (Å²) in [6.07, 6.45) is -0.939. The Bertz CT molecular complexity index is 1320. The number of rotatable bonds is 5. The predicted molar refractivity (Wildman–Crippen MR) is 153 cm³/mol. The van der Waals surface area contributed by atoms with E-state index in [0.29, 0.717) is 11.3 Å². The highest BCUT2D eigenvalue weighted by molar-refractivity contribution is 6.91. The van der Waals surface area contributed by atoms with Crippen molar-refractivity contribution in [2.75, 3.05) is 19.3 Å². The van der Waals surface area contributed by atoms with E-state index in [9.17, 15) is 14.4 Å². The molecule has 0 unspecified atom stereocenters. The van der Waals surface area contributed by atoms with E-state index >= 15 is 4.48 Å². The molecule has 1 spiro atoms. The van der Waals surface area contributed by atoms with E-state index in [-0.39, 0.29) is 22.8 Å². The molecule has 2 aliphatic heterocycles. The lowest BCUT2D eigenvalue weighted by Gasteiger charge is -2.39. The SMILES string of the molecule is COC(=O)C[C@H]1[C@H]([Si](C)(C)c2ccc(OC)cc2)[C@@H](C)[C@]2(C(=O)N(F)c3ccc(C)cc32)N1C(=O)OC(C)(C)C. The van der Waals surface area contributed by atoms with Crippen molar-refractivity contribution < 1.29 is 33.1 Å². The van der Waals surface area contributed by atoms with E-state index in [1.165, 1.54) is 12.0 Å². The molecule has 10 heteroatoms. The molecule has 40 heavy (non-hydrogen) atoms. The fourth-order valence-electron chi connectivity index (χ4n) is 6.79. The van der Waals surface area contributed by atoms with Gasteiger partial charge in [-0.25, -0.2) is 4.79 Å². The monoisotopic (exact) mass is 570 g/mol. The molecule has 1 fully saturated rings. The number of benzene rings is 2. The molecule has 216 valence electrons. The van der Waals surface area contributed by atoms with E-state index in [0.717, 1.165) is 10.8 Å². The van der Waals surface area contributed by atoms with E-state index in [4.69, 9.17) is 14.2 Å². The summed E-state index contributed by atoms with van der Waals surface area (Å²) in [7, 11) is 0.266. The third-order valence-electron chi connectivity index (χ3n) is 8.46. The maximum atomic E-state index is 15.8. The smallest absolute Gasteiger partial charge is 0.411 e. The molecule has 0 radical (unpaired) electrons. The Hall–Kier alpha value is -3.40. The first-order valence-corrected chi connectivity index (χ1v) is 16.5. The number of amides is 2. The largest absolute Gasteiger partial charge is 0.497 e. The Kier molecular flexibility index (Phi) is 7.55. The summed E-state index contributed by atoms with van der Waals surface area (Å²) in [6, 6.07) is 12.0. The quantitative estimate of drug-likeness (QED) is 0.278. The molecule has 2 heterocycles. The number of ether oxygens (including phenoxy) is 3. The molecule has 2 aliphatic rings. The van der Waals surface area contributed by atoms with Gasteiger partial charge < -0.3 is 14.2 Å². The average Bonchev–Trinajstić information content (AvgIpc) is 3.26. The number of hydrogen-bond donors (Lipinski definition) is 0. The van der Waals surface area contributed by atoms with Gasteiger partial charge in [-0.2, -0.15) is 0 Å². The summed E-state index contributed by atoms with van der Waals surface area (Å²) in [4.78, 5) is 42.6. The highest BCUT2D eigenvalue weighted by Gasteiger charge is 2.71. The highest BCUT2D eigenvalue weighted by atomic mass is 28.3. The number of halogens is 1. The van der Waals surface area contributed by atoms with Crippen LogP contribution in [0.5, 0.6) is 5.75 Å². The molecule has 0 aromatic heterocycles. The molecule has 2 amide bonds. The molecule has 2 aromatic rings. The van der Waals surface area contributed by atoms with Crippen LogP contribution in [0.15, 0.2) is 42.5 Å². The first kappa shape index (κ1) is 29.6. The lowest BCUT2D eigenvalue weighted by atomic mass is 9.80. The van der Waals surface area contributed by atoms with Crippen molar-refractivity contribution in [2.24, 2.45) is 5.92 Å². The van der Waals surface area contributed by atoms with Gasteiger partial charge in [-0.05, 0) is 57.4 Å². The van der Waals surface area contributed by atoms with Gasteiger partial charge in [0.05, 0.1) is 34.4 Å². The lowest BCUT2D eigenvalue weighted by Crippen LogP contribution is -2.57. The second-order valence-electron chi connectivity index (χ2n) is 12.3.